The lowest BCUT2D eigenvalue weighted by molar-refractivity contribution is 0.183. The number of aromatic nitrogens is 1. The van der Waals surface area contributed by atoms with Crippen LogP contribution in [0.25, 0.3) is 49.0 Å². The standard InChI is InChI=1S/C42H36N4/c1-45(28-29-14-4-2-5-15-29)42(44-41(43)30-16-6-3-7-17-30)36-23-12-22-34-33(36)21-13-25-39(34)46-38-24-11-10-20-35(38)37-26-31-18-8-9-19-32(31)27-40(37)46/h2-27,41-42,44H,28,43H2,1H3. The van der Waals surface area contributed by atoms with E-state index in [1.54, 1.807) is 0 Å². The zero-order valence-corrected chi connectivity index (χ0v) is 25.8. The first-order valence-electron chi connectivity index (χ1n) is 15.9. The van der Waals surface area contributed by atoms with Crippen molar-refractivity contribution in [3.05, 3.63) is 174 Å². The number of fused-ring (bicyclic) bond motifs is 5. The third-order valence-corrected chi connectivity index (χ3v) is 9.22. The molecule has 224 valence electrons. The fraction of sp³-hybridized carbons (Fsp3) is 0.0952. The van der Waals surface area contributed by atoms with Crippen LogP contribution in [-0.4, -0.2) is 16.5 Å². The summed E-state index contributed by atoms with van der Waals surface area (Å²) in [6.45, 7) is 0.774. The molecule has 8 rings (SSSR count). The van der Waals surface area contributed by atoms with Gasteiger partial charge in [-0.2, -0.15) is 0 Å². The molecule has 0 bridgehead atoms. The molecule has 4 heteroatoms. The number of nitrogens with zero attached hydrogens (tertiary/aromatic N) is 2. The Morgan fingerprint density at radius 1 is 0.587 bits per heavy atom. The van der Waals surface area contributed by atoms with E-state index in [0.29, 0.717) is 0 Å². The van der Waals surface area contributed by atoms with Gasteiger partial charge in [-0.1, -0.05) is 133 Å². The number of nitrogens with two attached hydrogens (primary N) is 1. The van der Waals surface area contributed by atoms with Crippen molar-refractivity contribution in [2.75, 3.05) is 7.05 Å². The molecule has 2 atom stereocenters. The minimum Gasteiger partial charge on any atom is -0.312 e. The topological polar surface area (TPSA) is 46.2 Å². The molecule has 0 amide bonds. The summed E-state index contributed by atoms with van der Waals surface area (Å²) in [7, 11) is 2.17. The Morgan fingerprint density at radius 3 is 2.02 bits per heavy atom. The normalized spacial score (nSPS) is 13.2. The van der Waals surface area contributed by atoms with Gasteiger partial charge in [0.1, 0.15) is 0 Å². The van der Waals surface area contributed by atoms with Crippen molar-refractivity contribution in [2.45, 2.75) is 18.9 Å². The molecule has 4 nitrogen and oxygen atoms in total. The summed E-state index contributed by atoms with van der Waals surface area (Å²) in [6, 6.07) is 56.3. The molecular weight excluding hydrogens is 560 g/mol. The minimum absolute atomic E-state index is 0.142. The van der Waals surface area contributed by atoms with Gasteiger partial charge >= 0.3 is 0 Å². The van der Waals surface area contributed by atoms with Crippen molar-refractivity contribution >= 4 is 43.4 Å². The van der Waals surface area contributed by atoms with E-state index in [2.05, 4.69) is 161 Å². The minimum atomic E-state index is -0.339. The average Bonchev–Trinajstić information content (AvgIpc) is 3.42. The molecule has 7 aromatic carbocycles. The van der Waals surface area contributed by atoms with E-state index < -0.39 is 0 Å². The highest BCUT2D eigenvalue weighted by Gasteiger charge is 2.24. The van der Waals surface area contributed by atoms with Gasteiger partial charge in [0.15, 0.2) is 0 Å². The lowest BCUT2D eigenvalue weighted by Gasteiger charge is -2.33. The largest absolute Gasteiger partial charge is 0.312 e. The molecule has 0 saturated heterocycles. The third-order valence-electron chi connectivity index (χ3n) is 9.22. The van der Waals surface area contributed by atoms with E-state index in [1.807, 2.05) is 18.2 Å². The lowest BCUT2D eigenvalue weighted by atomic mass is 9.99. The van der Waals surface area contributed by atoms with E-state index in [9.17, 15) is 0 Å². The SMILES string of the molecule is CN(Cc1ccccc1)C(NC(N)c1ccccc1)c1cccc2c(-n3c4ccccc4c4cc5ccccc5cc43)cccc12. The molecule has 0 saturated carbocycles. The van der Waals surface area contributed by atoms with Crippen molar-refractivity contribution < 1.29 is 0 Å². The van der Waals surface area contributed by atoms with Crippen molar-refractivity contribution in [2.24, 2.45) is 5.73 Å². The van der Waals surface area contributed by atoms with Gasteiger partial charge in [-0.15, -0.1) is 0 Å². The molecule has 0 aliphatic rings. The van der Waals surface area contributed by atoms with Crippen LogP contribution in [0.5, 0.6) is 0 Å². The summed E-state index contributed by atoms with van der Waals surface area (Å²) in [4.78, 5) is 2.35. The maximum absolute atomic E-state index is 6.84. The van der Waals surface area contributed by atoms with Crippen LogP contribution in [0.4, 0.5) is 0 Å². The molecule has 8 aromatic rings. The van der Waals surface area contributed by atoms with E-state index in [4.69, 9.17) is 5.73 Å². The average molecular weight is 597 g/mol. The predicted molar refractivity (Wildman–Crippen MR) is 193 cm³/mol. The summed E-state index contributed by atoms with van der Waals surface area (Å²) in [5.74, 6) is 0. The van der Waals surface area contributed by atoms with Gasteiger partial charge in [0.05, 0.1) is 29.1 Å². The molecule has 0 spiro atoms. The molecule has 0 aliphatic heterocycles. The number of hydrogen-bond donors (Lipinski definition) is 2. The Labute approximate surface area is 269 Å². The Hall–Kier alpha value is -5.26. The smallest absolute Gasteiger partial charge is 0.0881 e. The van der Waals surface area contributed by atoms with E-state index in [0.717, 1.165) is 17.8 Å². The molecule has 1 aromatic heterocycles. The maximum Gasteiger partial charge on any atom is 0.0881 e. The maximum atomic E-state index is 6.84. The van der Waals surface area contributed by atoms with Crippen LogP contribution in [0, 0.1) is 0 Å². The highest BCUT2D eigenvalue weighted by molar-refractivity contribution is 6.14. The van der Waals surface area contributed by atoms with Crippen LogP contribution in [0.2, 0.25) is 0 Å². The van der Waals surface area contributed by atoms with Gasteiger partial charge in [-0.05, 0) is 64.2 Å². The monoisotopic (exact) mass is 596 g/mol. The van der Waals surface area contributed by atoms with Crippen LogP contribution in [-0.2, 0) is 6.54 Å². The van der Waals surface area contributed by atoms with Crippen molar-refractivity contribution in [3.8, 4) is 5.69 Å². The first kappa shape index (κ1) is 28.2. The molecule has 0 fully saturated rings. The van der Waals surface area contributed by atoms with Crippen LogP contribution < -0.4 is 11.1 Å². The van der Waals surface area contributed by atoms with Gasteiger partial charge in [-0.3, -0.25) is 10.2 Å². The predicted octanol–water partition coefficient (Wildman–Crippen LogP) is 9.47. The van der Waals surface area contributed by atoms with Crippen LogP contribution in [0.15, 0.2) is 158 Å². The highest BCUT2D eigenvalue weighted by atomic mass is 15.3. The van der Waals surface area contributed by atoms with Crippen LogP contribution >= 0.6 is 0 Å². The lowest BCUT2D eigenvalue weighted by Crippen LogP contribution is -2.40. The van der Waals surface area contributed by atoms with E-state index >= 15 is 0 Å². The summed E-state index contributed by atoms with van der Waals surface area (Å²) < 4.78 is 2.44. The van der Waals surface area contributed by atoms with Gasteiger partial charge < -0.3 is 10.3 Å². The van der Waals surface area contributed by atoms with Crippen molar-refractivity contribution in [3.63, 3.8) is 0 Å². The van der Waals surface area contributed by atoms with E-state index in [-0.39, 0.29) is 12.3 Å². The summed E-state index contributed by atoms with van der Waals surface area (Å²) >= 11 is 0. The van der Waals surface area contributed by atoms with Crippen molar-refractivity contribution in [1.82, 2.24) is 14.8 Å². The molecule has 2 unspecified atom stereocenters. The quantitative estimate of drug-likeness (QED) is 0.172. The van der Waals surface area contributed by atoms with Crippen LogP contribution in [0.1, 0.15) is 29.0 Å². The summed E-state index contributed by atoms with van der Waals surface area (Å²) in [5, 5.41) is 11.2. The second-order valence-electron chi connectivity index (χ2n) is 12.1. The Morgan fingerprint density at radius 2 is 1.22 bits per heavy atom. The Kier molecular flexibility index (Phi) is 7.31. The first-order valence-corrected chi connectivity index (χ1v) is 15.9. The number of para-hydroxylation sites is 1. The van der Waals surface area contributed by atoms with Crippen LogP contribution in [0.3, 0.4) is 0 Å². The molecule has 0 radical (unpaired) electrons. The highest BCUT2D eigenvalue weighted by Crippen LogP contribution is 2.38. The third kappa shape index (κ3) is 5.03. The Balaban J connectivity index is 1.31. The van der Waals surface area contributed by atoms with Crippen molar-refractivity contribution in [1.29, 1.82) is 0 Å². The molecule has 0 aliphatic carbocycles. The molecule has 3 N–H and O–H groups in total. The number of benzene rings is 7. The van der Waals surface area contributed by atoms with Gasteiger partial charge in [-0.25, -0.2) is 0 Å². The fourth-order valence-corrected chi connectivity index (χ4v) is 7.01. The Bertz CT molecular complexity index is 2310. The molecular formula is C42H36N4. The number of rotatable bonds is 8. The van der Waals surface area contributed by atoms with E-state index in [1.165, 1.54) is 54.5 Å². The summed E-state index contributed by atoms with van der Waals surface area (Å²) in [6.07, 6.45) is -0.482. The van der Waals surface area contributed by atoms with Gasteiger partial charge in [0.2, 0.25) is 0 Å². The first-order chi connectivity index (χ1) is 22.7. The second kappa shape index (κ2) is 11.9. The number of nitrogens with one attached hydrogen (secondary N) is 1. The zero-order valence-electron chi connectivity index (χ0n) is 25.8. The fourth-order valence-electron chi connectivity index (χ4n) is 7.01. The van der Waals surface area contributed by atoms with Gasteiger partial charge in [0.25, 0.3) is 0 Å². The molecule has 1 heterocycles. The molecule has 46 heavy (non-hydrogen) atoms. The number of hydrogen-bond acceptors (Lipinski definition) is 3. The zero-order chi connectivity index (χ0) is 31.0. The second-order valence-corrected chi connectivity index (χ2v) is 12.1. The summed E-state index contributed by atoms with van der Waals surface area (Å²) in [5.41, 5.74) is 13.9. The van der Waals surface area contributed by atoms with Gasteiger partial charge in [0, 0.05) is 22.7 Å².